The fourth-order valence-electron chi connectivity index (χ4n) is 1.34. The predicted octanol–water partition coefficient (Wildman–Crippen LogP) is 4.08. The molecule has 0 amide bonds. The van der Waals surface area contributed by atoms with Gasteiger partial charge in [0.05, 0.1) is 11.1 Å². The second-order valence-corrected chi connectivity index (χ2v) is 4.09. The molecule has 78 valence electrons. The molecule has 0 radical (unpaired) electrons. The Kier molecular flexibility index (Phi) is 4.27. The molecule has 0 spiro atoms. The highest BCUT2D eigenvalue weighted by atomic mass is 35.5. The fourth-order valence-corrected chi connectivity index (χ4v) is 1.50. The van der Waals surface area contributed by atoms with Crippen molar-refractivity contribution in [1.29, 1.82) is 0 Å². The van der Waals surface area contributed by atoms with Crippen molar-refractivity contribution in [2.24, 2.45) is 0 Å². The van der Waals surface area contributed by atoms with Gasteiger partial charge >= 0.3 is 0 Å². The van der Waals surface area contributed by atoms with E-state index in [1.54, 1.807) is 0 Å². The number of benzene rings is 1. The smallest absolute Gasteiger partial charge is 0.138 e. The van der Waals surface area contributed by atoms with Gasteiger partial charge in [0.1, 0.15) is 5.75 Å². The first-order chi connectivity index (χ1) is 6.63. The van der Waals surface area contributed by atoms with Gasteiger partial charge in [-0.15, -0.1) is 0 Å². The molecular weight excluding hydrogens is 196 g/mol. The van der Waals surface area contributed by atoms with Crippen LogP contribution in [0.3, 0.4) is 0 Å². The van der Waals surface area contributed by atoms with Crippen molar-refractivity contribution in [2.45, 2.75) is 39.7 Å². The Bertz CT molecular complexity index is 294. The zero-order valence-corrected chi connectivity index (χ0v) is 9.77. The average molecular weight is 213 g/mol. The summed E-state index contributed by atoms with van der Waals surface area (Å²) >= 11 is 6.02. The van der Waals surface area contributed by atoms with Gasteiger partial charge in [-0.25, -0.2) is 0 Å². The summed E-state index contributed by atoms with van der Waals surface area (Å²) in [6.45, 7) is 6.17. The van der Waals surface area contributed by atoms with Crippen LogP contribution in [0.2, 0.25) is 5.02 Å². The van der Waals surface area contributed by atoms with E-state index in [4.69, 9.17) is 16.3 Å². The molecule has 1 aromatic carbocycles. The first kappa shape index (κ1) is 11.4. The summed E-state index contributed by atoms with van der Waals surface area (Å²) in [5.74, 6) is 0.799. The van der Waals surface area contributed by atoms with Gasteiger partial charge in [-0.3, -0.25) is 0 Å². The SMILES string of the molecule is CCCc1ccc(Cl)c(OC(C)C)c1. The van der Waals surface area contributed by atoms with Crippen molar-refractivity contribution in [2.75, 3.05) is 0 Å². The third kappa shape index (κ3) is 3.22. The molecule has 1 aromatic rings. The van der Waals surface area contributed by atoms with Crippen LogP contribution in [-0.4, -0.2) is 6.10 Å². The van der Waals surface area contributed by atoms with Gasteiger partial charge in [0.15, 0.2) is 0 Å². The second kappa shape index (κ2) is 5.26. The van der Waals surface area contributed by atoms with Crippen LogP contribution < -0.4 is 4.74 Å². The Balaban J connectivity index is 2.84. The van der Waals surface area contributed by atoms with Crippen molar-refractivity contribution in [3.63, 3.8) is 0 Å². The monoisotopic (exact) mass is 212 g/mol. The summed E-state index contributed by atoms with van der Waals surface area (Å²) in [6, 6.07) is 6.00. The zero-order chi connectivity index (χ0) is 10.6. The molecule has 0 aliphatic carbocycles. The van der Waals surface area contributed by atoms with Crippen molar-refractivity contribution in [3.05, 3.63) is 28.8 Å². The van der Waals surface area contributed by atoms with Crippen LogP contribution in [0, 0.1) is 0 Å². The molecule has 0 aliphatic rings. The van der Waals surface area contributed by atoms with E-state index < -0.39 is 0 Å². The largest absolute Gasteiger partial charge is 0.489 e. The fraction of sp³-hybridized carbons (Fsp3) is 0.500. The molecule has 0 fully saturated rings. The lowest BCUT2D eigenvalue weighted by Crippen LogP contribution is -2.06. The van der Waals surface area contributed by atoms with Crippen molar-refractivity contribution in [1.82, 2.24) is 0 Å². The van der Waals surface area contributed by atoms with Gasteiger partial charge in [-0.2, -0.15) is 0 Å². The van der Waals surface area contributed by atoms with Crippen LogP contribution in [-0.2, 0) is 6.42 Å². The van der Waals surface area contributed by atoms with E-state index in [1.807, 2.05) is 26.0 Å². The molecule has 0 aromatic heterocycles. The van der Waals surface area contributed by atoms with E-state index in [1.165, 1.54) is 5.56 Å². The molecule has 0 saturated carbocycles. The Labute approximate surface area is 91.0 Å². The summed E-state index contributed by atoms with van der Waals surface area (Å²) in [4.78, 5) is 0. The molecule has 1 nitrogen and oxygen atoms in total. The van der Waals surface area contributed by atoms with Gasteiger partial charge in [0, 0.05) is 0 Å². The van der Waals surface area contributed by atoms with Gasteiger partial charge in [-0.1, -0.05) is 31.0 Å². The van der Waals surface area contributed by atoms with Crippen LogP contribution >= 0.6 is 11.6 Å². The number of ether oxygens (including phenoxy) is 1. The highest BCUT2D eigenvalue weighted by molar-refractivity contribution is 6.32. The average Bonchev–Trinajstić information content (AvgIpc) is 2.10. The molecule has 1 rings (SSSR count). The second-order valence-electron chi connectivity index (χ2n) is 3.68. The van der Waals surface area contributed by atoms with E-state index in [0.29, 0.717) is 5.02 Å². The minimum atomic E-state index is 0.171. The van der Waals surface area contributed by atoms with E-state index in [9.17, 15) is 0 Å². The lowest BCUT2D eigenvalue weighted by molar-refractivity contribution is 0.242. The minimum Gasteiger partial charge on any atom is -0.489 e. The first-order valence-corrected chi connectivity index (χ1v) is 5.46. The van der Waals surface area contributed by atoms with E-state index in [2.05, 4.69) is 13.0 Å². The normalized spacial score (nSPS) is 10.6. The first-order valence-electron chi connectivity index (χ1n) is 5.08. The van der Waals surface area contributed by atoms with Gasteiger partial charge in [-0.05, 0) is 38.0 Å². The summed E-state index contributed by atoms with van der Waals surface area (Å²) in [5.41, 5.74) is 1.28. The number of aryl methyl sites for hydroxylation is 1. The van der Waals surface area contributed by atoms with E-state index >= 15 is 0 Å². The summed E-state index contributed by atoms with van der Waals surface area (Å²) in [5, 5.41) is 0.693. The Morgan fingerprint density at radius 2 is 2.07 bits per heavy atom. The van der Waals surface area contributed by atoms with Crippen LogP contribution in [0.1, 0.15) is 32.8 Å². The topological polar surface area (TPSA) is 9.23 Å². The van der Waals surface area contributed by atoms with Crippen LogP contribution in [0.5, 0.6) is 5.75 Å². The number of hydrogen-bond acceptors (Lipinski definition) is 1. The lowest BCUT2D eigenvalue weighted by atomic mass is 10.1. The molecule has 2 heteroatoms. The molecule has 0 N–H and O–H groups in total. The Hall–Kier alpha value is -0.690. The number of rotatable bonds is 4. The highest BCUT2D eigenvalue weighted by Crippen LogP contribution is 2.26. The third-order valence-electron chi connectivity index (χ3n) is 1.90. The quantitative estimate of drug-likeness (QED) is 0.731. The molecular formula is C12H17ClO. The standard InChI is InChI=1S/C12H17ClO/c1-4-5-10-6-7-11(13)12(8-10)14-9(2)3/h6-9H,4-5H2,1-3H3. The lowest BCUT2D eigenvalue weighted by Gasteiger charge is -2.12. The maximum atomic E-state index is 6.02. The van der Waals surface area contributed by atoms with Crippen molar-refractivity contribution < 1.29 is 4.74 Å². The molecule has 0 atom stereocenters. The van der Waals surface area contributed by atoms with E-state index in [0.717, 1.165) is 18.6 Å². The molecule has 14 heavy (non-hydrogen) atoms. The Morgan fingerprint density at radius 1 is 1.36 bits per heavy atom. The van der Waals surface area contributed by atoms with Crippen LogP contribution in [0.25, 0.3) is 0 Å². The summed E-state index contributed by atoms with van der Waals surface area (Å²) in [6.07, 6.45) is 2.39. The molecule has 0 heterocycles. The maximum absolute atomic E-state index is 6.02. The molecule has 0 aliphatic heterocycles. The van der Waals surface area contributed by atoms with Gasteiger partial charge in [0.2, 0.25) is 0 Å². The third-order valence-corrected chi connectivity index (χ3v) is 2.21. The maximum Gasteiger partial charge on any atom is 0.138 e. The molecule has 0 unspecified atom stereocenters. The molecule has 0 saturated heterocycles. The number of hydrogen-bond donors (Lipinski definition) is 0. The van der Waals surface area contributed by atoms with Crippen molar-refractivity contribution in [3.8, 4) is 5.75 Å². The van der Waals surface area contributed by atoms with Crippen molar-refractivity contribution >= 4 is 11.6 Å². The summed E-state index contributed by atoms with van der Waals surface area (Å²) in [7, 11) is 0. The van der Waals surface area contributed by atoms with Gasteiger partial charge in [0.25, 0.3) is 0 Å². The molecule has 0 bridgehead atoms. The predicted molar refractivity (Wildman–Crippen MR) is 61.2 cm³/mol. The van der Waals surface area contributed by atoms with E-state index in [-0.39, 0.29) is 6.10 Å². The Morgan fingerprint density at radius 3 is 2.64 bits per heavy atom. The highest BCUT2D eigenvalue weighted by Gasteiger charge is 2.04. The van der Waals surface area contributed by atoms with Crippen LogP contribution in [0.4, 0.5) is 0 Å². The van der Waals surface area contributed by atoms with Crippen LogP contribution in [0.15, 0.2) is 18.2 Å². The number of halogens is 1. The van der Waals surface area contributed by atoms with Gasteiger partial charge < -0.3 is 4.74 Å². The minimum absolute atomic E-state index is 0.171. The zero-order valence-electron chi connectivity index (χ0n) is 9.01. The summed E-state index contributed by atoms with van der Waals surface area (Å²) < 4.78 is 5.60.